The normalized spacial score (nSPS) is 9.76. The predicted octanol–water partition coefficient (Wildman–Crippen LogP) is 1.66. The van der Waals surface area contributed by atoms with Gasteiger partial charge in [-0.2, -0.15) is 0 Å². The van der Waals surface area contributed by atoms with Gasteiger partial charge in [-0.05, 0) is 18.2 Å². The van der Waals surface area contributed by atoms with Crippen molar-refractivity contribution in [3.63, 3.8) is 0 Å². The van der Waals surface area contributed by atoms with Crippen LogP contribution in [0.3, 0.4) is 0 Å². The molecule has 0 amide bonds. The van der Waals surface area contributed by atoms with Crippen LogP contribution >= 0.6 is 0 Å². The first-order chi connectivity index (χ1) is 8.22. The van der Waals surface area contributed by atoms with E-state index in [2.05, 4.69) is 11.9 Å². The molecule has 4 heteroatoms. The minimum Gasteiger partial charge on any atom is -0.493 e. The standard InChI is InChI=1S/C13H17NO3/c1-4-7-14-9-11(15)10-5-6-12(16-2)13(8-10)17-3/h4-6,8,14H,1,7,9H2,2-3H3. The summed E-state index contributed by atoms with van der Waals surface area (Å²) in [4.78, 5) is 11.8. The van der Waals surface area contributed by atoms with Gasteiger partial charge in [-0.25, -0.2) is 0 Å². The molecule has 0 aliphatic heterocycles. The molecule has 92 valence electrons. The number of Topliss-reactive ketones (excluding diaryl/α,β-unsaturated/α-hetero) is 1. The fourth-order valence-corrected chi connectivity index (χ4v) is 1.40. The van der Waals surface area contributed by atoms with Crippen LogP contribution in [0, 0.1) is 0 Å². The second-order valence-corrected chi connectivity index (χ2v) is 3.41. The fraction of sp³-hybridized carbons (Fsp3) is 0.308. The molecule has 0 saturated heterocycles. The van der Waals surface area contributed by atoms with Crippen molar-refractivity contribution in [2.75, 3.05) is 27.3 Å². The number of methoxy groups -OCH3 is 2. The van der Waals surface area contributed by atoms with Crippen LogP contribution in [0.2, 0.25) is 0 Å². The number of hydrogen-bond donors (Lipinski definition) is 1. The lowest BCUT2D eigenvalue weighted by molar-refractivity contribution is 0.0992. The van der Waals surface area contributed by atoms with Gasteiger partial charge in [0, 0.05) is 12.1 Å². The van der Waals surface area contributed by atoms with Gasteiger partial charge in [0.2, 0.25) is 0 Å². The van der Waals surface area contributed by atoms with Crippen molar-refractivity contribution in [1.29, 1.82) is 0 Å². The maximum atomic E-state index is 11.8. The van der Waals surface area contributed by atoms with Crippen LogP contribution < -0.4 is 14.8 Å². The molecule has 0 aromatic heterocycles. The Balaban J connectivity index is 2.77. The molecule has 0 bridgehead atoms. The average molecular weight is 235 g/mol. The number of carbonyl (C=O) groups is 1. The average Bonchev–Trinajstić information content (AvgIpc) is 2.38. The fourth-order valence-electron chi connectivity index (χ4n) is 1.40. The van der Waals surface area contributed by atoms with Crippen LogP contribution in [-0.4, -0.2) is 33.1 Å². The molecule has 0 spiro atoms. The molecule has 0 aliphatic rings. The van der Waals surface area contributed by atoms with E-state index in [-0.39, 0.29) is 12.3 Å². The van der Waals surface area contributed by atoms with Crippen molar-refractivity contribution in [2.45, 2.75) is 0 Å². The third kappa shape index (κ3) is 3.60. The third-order valence-corrected chi connectivity index (χ3v) is 2.28. The molecule has 1 aromatic carbocycles. The highest BCUT2D eigenvalue weighted by Gasteiger charge is 2.09. The van der Waals surface area contributed by atoms with Gasteiger partial charge in [0.05, 0.1) is 20.8 Å². The van der Waals surface area contributed by atoms with Crippen molar-refractivity contribution < 1.29 is 14.3 Å². The van der Waals surface area contributed by atoms with Gasteiger partial charge in [-0.3, -0.25) is 4.79 Å². The van der Waals surface area contributed by atoms with E-state index in [9.17, 15) is 4.79 Å². The summed E-state index contributed by atoms with van der Waals surface area (Å²) >= 11 is 0. The van der Waals surface area contributed by atoms with Crippen molar-refractivity contribution in [2.24, 2.45) is 0 Å². The molecule has 0 fully saturated rings. The number of rotatable bonds is 7. The molecular weight excluding hydrogens is 218 g/mol. The summed E-state index contributed by atoms with van der Waals surface area (Å²) in [5, 5.41) is 2.96. The molecule has 0 atom stereocenters. The smallest absolute Gasteiger partial charge is 0.176 e. The number of ether oxygens (including phenoxy) is 2. The molecule has 0 heterocycles. The first-order valence-corrected chi connectivity index (χ1v) is 5.29. The van der Waals surface area contributed by atoms with E-state index in [1.54, 1.807) is 38.5 Å². The van der Waals surface area contributed by atoms with Crippen LogP contribution in [0.5, 0.6) is 11.5 Å². The Kier molecular flexibility index (Phi) is 5.23. The summed E-state index contributed by atoms with van der Waals surface area (Å²) in [6.45, 7) is 4.46. The first-order valence-electron chi connectivity index (χ1n) is 5.29. The second-order valence-electron chi connectivity index (χ2n) is 3.41. The molecule has 1 rings (SSSR count). The SMILES string of the molecule is C=CCNCC(=O)c1ccc(OC)c(OC)c1. The highest BCUT2D eigenvalue weighted by atomic mass is 16.5. The number of benzene rings is 1. The lowest BCUT2D eigenvalue weighted by Gasteiger charge is -2.09. The van der Waals surface area contributed by atoms with Gasteiger partial charge >= 0.3 is 0 Å². The molecular formula is C13H17NO3. The van der Waals surface area contributed by atoms with E-state index in [4.69, 9.17) is 9.47 Å². The van der Waals surface area contributed by atoms with Crippen LogP contribution in [0.25, 0.3) is 0 Å². The summed E-state index contributed by atoms with van der Waals surface area (Å²) in [6.07, 6.45) is 1.71. The second kappa shape index (κ2) is 6.70. The zero-order valence-electron chi connectivity index (χ0n) is 10.2. The van der Waals surface area contributed by atoms with E-state index in [0.29, 0.717) is 23.6 Å². The Labute approximate surface area is 101 Å². The van der Waals surface area contributed by atoms with Gasteiger partial charge in [-0.15, -0.1) is 6.58 Å². The van der Waals surface area contributed by atoms with Crippen LogP contribution in [-0.2, 0) is 0 Å². The Hall–Kier alpha value is -1.81. The zero-order valence-corrected chi connectivity index (χ0v) is 10.2. The summed E-state index contributed by atoms with van der Waals surface area (Å²) in [7, 11) is 3.10. The molecule has 4 nitrogen and oxygen atoms in total. The summed E-state index contributed by atoms with van der Waals surface area (Å²) < 4.78 is 10.2. The van der Waals surface area contributed by atoms with Crippen molar-refractivity contribution in [3.8, 4) is 11.5 Å². The third-order valence-electron chi connectivity index (χ3n) is 2.28. The van der Waals surface area contributed by atoms with Gasteiger partial charge in [0.1, 0.15) is 0 Å². The van der Waals surface area contributed by atoms with E-state index < -0.39 is 0 Å². The van der Waals surface area contributed by atoms with E-state index in [1.165, 1.54) is 0 Å². The maximum absolute atomic E-state index is 11.8. The molecule has 0 radical (unpaired) electrons. The largest absolute Gasteiger partial charge is 0.493 e. The Morgan fingerprint density at radius 3 is 2.65 bits per heavy atom. The Morgan fingerprint density at radius 1 is 1.35 bits per heavy atom. The number of ketones is 1. The minimum absolute atomic E-state index is 0.00723. The lowest BCUT2D eigenvalue weighted by Crippen LogP contribution is -2.22. The van der Waals surface area contributed by atoms with Gasteiger partial charge in [0.15, 0.2) is 17.3 Å². The van der Waals surface area contributed by atoms with Gasteiger partial charge in [0.25, 0.3) is 0 Å². The molecule has 1 aromatic rings. The van der Waals surface area contributed by atoms with E-state index in [0.717, 1.165) is 0 Å². The van der Waals surface area contributed by atoms with Crippen molar-refractivity contribution in [3.05, 3.63) is 36.4 Å². The Morgan fingerprint density at radius 2 is 2.06 bits per heavy atom. The van der Waals surface area contributed by atoms with Crippen molar-refractivity contribution in [1.82, 2.24) is 5.32 Å². The number of hydrogen-bond acceptors (Lipinski definition) is 4. The quantitative estimate of drug-likeness (QED) is 0.443. The predicted molar refractivity (Wildman–Crippen MR) is 66.9 cm³/mol. The van der Waals surface area contributed by atoms with E-state index in [1.807, 2.05) is 0 Å². The molecule has 0 aliphatic carbocycles. The lowest BCUT2D eigenvalue weighted by atomic mass is 10.1. The van der Waals surface area contributed by atoms with Crippen LogP contribution in [0.4, 0.5) is 0 Å². The maximum Gasteiger partial charge on any atom is 0.176 e. The zero-order chi connectivity index (χ0) is 12.7. The number of carbonyl (C=O) groups excluding carboxylic acids is 1. The monoisotopic (exact) mass is 235 g/mol. The van der Waals surface area contributed by atoms with Gasteiger partial charge in [-0.1, -0.05) is 6.08 Å². The number of nitrogens with one attached hydrogen (secondary N) is 1. The van der Waals surface area contributed by atoms with Crippen molar-refractivity contribution >= 4 is 5.78 Å². The summed E-state index contributed by atoms with van der Waals surface area (Å²) in [5.41, 5.74) is 0.596. The molecule has 17 heavy (non-hydrogen) atoms. The minimum atomic E-state index is 0.00723. The highest BCUT2D eigenvalue weighted by molar-refractivity contribution is 5.98. The summed E-state index contributed by atoms with van der Waals surface area (Å²) in [6, 6.07) is 5.12. The van der Waals surface area contributed by atoms with Gasteiger partial charge < -0.3 is 14.8 Å². The molecule has 0 unspecified atom stereocenters. The first kappa shape index (κ1) is 13.3. The summed E-state index contributed by atoms with van der Waals surface area (Å²) in [5.74, 6) is 1.18. The van der Waals surface area contributed by atoms with Crippen LogP contribution in [0.1, 0.15) is 10.4 Å². The van der Waals surface area contributed by atoms with E-state index >= 15 is 0 Å². The highest BCUT2D eigenvalue weighted by Crippen LogP contribution is 2.27. The Bertz CT molecular complexity index is 402. The molecule has 1 N–H and O–H groups in total. The topological polar surface area (TPSA) is 47.6 Å². The molecule has 0 saturated carbocycles. The van der Waals surface area contributed by atoms with Crippen LogP contribution in [0.15, 0.2) is 30.9 Å².